The lowest BCUT2D eigenvalue weighted by atomic mass is 10.2. The number of Topliss-reactive ketones (excluding diaryl/α,β-unsaturated/α-hetero) is 1. The van der Waals surface area contributed by atoms with Gasteiger partial charge in [0.2, 0.25) is 0 Å². The van der Waals surface area contributed by atoms with E-state index in [0.29, 0.717) is 10.8 Å². The summed E-state index contributed by atoms with van der Waals surface area (Å²) in [4.78, 5) is 21.0. The minimum absolute atomic E-state index is 0.0229. The molecule has 0 aromatic carbocycles. The van der Waals surface area contributed by atoms with Crippen molar-refractivity contribution in [2.24, 2.45) is 0 Å². The topological polar surface area (TPSA) is 54.9 Å². The molecule has 0 aliphatic heterocycles. The number of halogens is 1. The molecule has 1 N–H and O–H groups in total. The second kappa shape index (κ2) is 5.89. The van der Waals surface area contributed by atoms with Gasteiger partial charge in [-0.2, -0.15) is 0 Å². The quantitative estimate of drug-likeness (QED) is 0.679. The number of pyridine rings is 1. The van der Waals surface area contributed by atoms with E-state index in [2.05, 4.69) is 15.3 Å². The van der Waals surface area contributed by atoms with Gasteiger partial charge in [-0.3, -0.25) is 4.79 Å². The van der Waals surface area contributed by atoms with Crippen molar-refractivity contribution < 1.29 is 4.79 Å². The maximum Gasteiger partial charge on any atom is 0.179 e. The third kappa shape index (κ3) is 3.16. The molecule has 2 rings (SSSR count). The second-order valence-corrected chi connectivity index (χ2v) is 6.42. The van der Waals surface area contributed by atoms with Crippen molar-refractivity contribution in [3.05, 3.63) is 28.0 Å². The van der Waals surface area contributed by atoms with Gasteiger partial charge in [0, 0.05) is 29.7 Å². The van der Waals surface area contributed by atoms with Crippen LogP contribution in [-0.4, -0.2) is 21.8 Å². The fourth-order valence-electron chi connectivity index (χ4n) is 1.87. The van der Waals surface area contributed by atoms with Crippen molar-refractivity contribution in [1.29, 1.82) is 0 Å². The van der Waals surface area contributed by atoms with E-state index >= 15 is 0 Å². The monoisotopic (exact) mass is 309 g/mol. The number of hydrogen-bond acceptors (Lipinski definition) is 5. The number of thiazole rings is 1. The SMILES string of the molecule is CC(=O)c1nc(-c2cnc(Cl)cc2NC(C)C)sc1C. The molecule has 6 heteroatoms. The summed E-state index contributed by atoms with van der Waals surface area (Å²) in [7, 11) is 0. The molecule has 2 aromatic heterocycles. The van der Waals surface area contributed by atoms with Gasteiger partial charge >= 0.3 is 0 Å². The third-order valence-electron chi connectivity index (χ3n) is 2.68. The number of anilines is 1. The van der Waals surface area contributed by atoms with Gasteiger partial charge in [0.25, 0.3) is 0 Å². The van der Waals surface area contributed by atoms with Gasteiger partial charge in [-0.25, -0.2) is 9.97 Å². The molecule has 0 unspecified atom stereocenters. The Bertz CT molecular complexity index is 652. The van der Waals surface area contributed by atoms with Crippen molar-refractivity contribution >= 4 is 34.4 Å². The zero-order chi connectivity index (χ0) is 14.9. The first-order valence-electron chi connectivity index (χ1n) is 6.29. The summed E-state index contributed by atoms with van der Waals surface area (Å²) in [6.45, 7) is 7.52. The van der Waals surface area contributed by atoms with E-state index in [1.165, 1.54) is 18.3 Å². The van der Waals surface area contributed by atoms with Gasteiger partial charge in [-0.1, -0.05) is 11.6 Å². The van der Waals surface area contributed by atoms with Crippen LogP contribution in [0.4, 0.5) is 5.69 Å². The highest BCUT2D eigenvalue weighted by Crippen LogP contribution is 2.34. The lowest BCUT2D eigenvalue weighted by Crippen LogP contribution is -2.10. The average Bonchev–Trinajstić information content (AvgIpc) is 2.70. The molecule has 0 bridgehead atoms. The van der Waals surface area contributed by atoms with Crippen molar-refractivity contribution in [3.8, 4) is 10.6 Å². The highest BCUT2D eigenvalue weighted by atomic mass is 35.5. The molecule has 0 spiro atoms. The maximum absolute atomic E-state index is 11.5. The largest absolute Gasteiger partial charge is 0.382 e. The summed E-state index contributed by atoms with van der Waals surface area (Å²) in [6.07, 6.45) is 1.69. The van der Waals surface area contributed by atoms with Crippen LogP contribution in [0.15, 0.2) is 12.3 Å². The van der Waals surface area contributed by atoms with Gasteiger partial charge in [0.1, 0.15) is 15.9 Å². The van der Waals surface area contributed by atoms with Crippen LogP contribution in [0.2, 0.25) is 5.15 Å². The third-order valence-corrected chi connectivity index (χ3v) is 3.89. The van der Waals surface area contributed by atoms with Crippen LogP contribution in [0.25, 0.3) is 10.6 Å². The van der Waals surface area contributed by atoms with E-state index in [4.69, 9.17) is 11.6 Å². The van der Waals surface area contributed by atoms with Gasteiger partial charge in [0.05, 0.1) is 5.56 Å². The zero-order valence-corrected chi connectivity index (χ0v) is 13.4. The van der Waals surface area contributed by atoms with Gasteiger partial charge in [-0.15, -0.1) is 11.3 Å². The molecular weight excluding hydrogens is 294 g/mol. The lowest BCUT2D eigenvalue weighted by Gasteiger charge is -2.13. The maximum atomic E-state index is 11.5. The Morgan fingerprint density at radius 1 is 1.45 bits per heavy atom. The van der Waals surface area contributed by atoms with Crippen molar-refractivity contribution in [3.63, 3.8) is 0 Å². The number of aromatic nitrogens is 2. The second-order valence-electron chi connectivity index (χ2n) is 4.83. The van der Waals surface area contributed by atoms with Crippen molar-refractivity contribution in [2.45, 2.75) is 33.7 Å². The molecule has 106 valence electrons. The summed E-state index contributed by atoms with van der Waals surface area (Å²) in [5, 5.41) is 4.53. The molecule has 0 amide bonds. The minimum atomic E-state index is -0.0229. The number of hydrogen-bond donors (Lipinski definition) is 1. The molecule has 0 atom stereocenters. The zero-order valence-electron chi connectivity index (χ0n) is 11.8. The van der Waals surface area contributed by atoms with Crippen molar-refractivity contribution in [2.75, 3.05) is 5.32 Å². The first-order chi connectivity index (χ1) is 9.38. The van der Waals surface area contributed by atoms with E-state index < -0.39 is 0 Å². The lowest BCUT2D eigenvalue weighted by molar-refractivity contribution is 0.101. The van der Waals surface area contributed by atoms with Crippen LogP contribution < -0.4 is 5.32 Å². The smallest absolute Gasteiger partial charge is 0.179 e. The minimum Gasteiger partial charge on any atom is -0.382 e. The molecule has 20 heavy (non-hydrogen) atoms. The molecule has 0 aliphatic carbocycles. The summed E-state index contributed by atoms with van der Waals surface area (Å²) in [5.41, 5.74) is 2.27. The molecule has 0 radical (unpaired) electrons. The fraction of sp³-hybridized carbons (Fsp3) is 0.357. The van der Waals surface area contributed by atoms with Crippen LogP contribution in [0.3, 0.4) is 0 Å². The molecule has 0 aliphatic rings. The highest BCUT2D eigenvalue weighted by Gasteiger charge is 2.16. The predicted octanol–water partition coefficient (Wildman–Crippen LogP) is 4.19. The van der Waals surface area contributed by atoms with Crippen LogP contribution in [0.5, 0.6) is 0 Å². The molecule has 0 saturated heterocycles. The van der Waals surface area contributed by atoms with Crippen LogP contribution >= 0.6 is 22.9 Å². The Labute approximate surface area is 127 Å². The predicted molar refractivity (Wildman–Crippen MR) is 83.9 cm³/mol. The standard InChI is InChI=1S/C14H16ClN3OS/c1-7(2)17-11-5-12(15)16-6-10(11)14-18-13(8(3)19)9(4)20-14/h5-7H,1-4H3,(H,16,17). The van der Waals surface area contributed by atoms with E-state index in [1.807, 2.05) is 20.8 Å². The van der Waals surface area contributed by atoms with Crippen LogP contribution in [-0.2, 0) is 0 Å². The molecule has 0 fully saturated rings. The first kappa shape index (κ1) is 14.9. The summed E-state index contributed by atoms with van der Waals surface area (Å²) < 4.78 is 0. The summed E-state index contributed by atoms with van der Waals surface area (Å²) in [6, 6.07) is 2.04. The number of carbonyl (C=O) groups is 1. The van der Waals surface area contributed by atoms with E-state index in [-0.39, 0.29) is 11.8 Å². The molecule has 2 aromatic rings. The Hall–Kier alpha value is -1.46. The highest BCUT2D eigenvalue weighted by molar-refractivity contribution is 7.15. The Balaban J connectivity index is 2.51. The summed E-state index contributed by atoms with van der Waals surface area (Å²) >= 11 is 7.44. The number of ketones is 1. The normalized spacial score (nSPS) is 10.9. The number of carbonyl (C=O) groups excluding carboxylic acids is 1. The Kier molecular flexibility index (Phi) is 4.40. The Morgan fingerprint density at radius 3 is 2.70 bits per heavy atom. The number of nitrogens with zero attached hydrogens (tertiary/aromatic N) is 2. The van der Waals surface area contributed by atoms with E-state index in [1.54, 1.807) is 12.3 Å². The van der Waals surface area contributed by atoms with E-state index in [9.17, 15) is 4.79 Å². The Morgan fingerprint density at radius 2 is 2.15 bits per heavy atom. The molecular formula is C14H16ClN3OS. The van der Waals surface area contributed by atoms with E-state index in [0.717, 1.165) is 21.1 Å². The summed E-state index contributed by atoms with van der Waals surface area (Å²) in [5.74, 6) is -0.0229. The van der Waals surface area contributed by atoms with Gasteiger partial charge in [-0.05, 0) is 26.8 Å². The van der Waals surface area contributed by atoms with Crippen LogP contribution in [0, 0.1) is 6.92 Å². The molecule has 0 saturated carbocycles. The first-order valence-corrected chi connectivity index (χ1v) is 7.48. The van der Waals surface area contributed by atoms with Gasteiger partial charge < -0.3 is 5.32 Å². The number of nitrogens with one attached hydrogen (secondary N) is 1. The number of rotatable bonds is 4. The molecule has 2 heterocycles. The number of aryl methyl sites for hydroxylation is 1. The van der Waals surface area contributed by atoms with Crippen molar-refractivity contribution in [1.82, 2.24) is 9.97 Å². The van der Waals surface area contributed by atoms with Crippen LogP contribution in [0.1, 0.15) is 36.1 Å². The molecule has 4 nitrogen and oxygen atoms in total. The fourth-order valence-corrected chi connectivity index (χ4v) is 3.01. The van der Waals surface area contributed by atoms with Gasteiger partial charge in [0.15, 0.2) is 5.78 Å². The average molecular weight is 310 g/mol.